The second-order valence-electron chi connectivity index (χ2n) is 3.84. The Kier molecular flexibility index (Phi) is 5.46. The van der Waals surface area contributed by atoms with E-state index in [2.05, 4.69) is 11.5 Å². The van der Waals surface area contributed by atoms with Gasteiger partial charge in [0.05, 0.1) is 0 Å². The van der Waals surface area contributed by atoms with E-state index in [1.165, 1.54) is 6.08 Å². The van der Waals surface area contributed by atoms with Gasteiger partial charge >= 0.3 is 5.97 Å². The number of aromatic nitrogens is 1. The molecule has 94 valence electrons. The van der Waals surface area contributed by atoms with Gasteiger partial charge in [-0.1, -0.05) is 19.4 Å². The Labute approximate surface area is 106 Å². The summed E-state index contributed by atoms with van der Waals surface area (Å²) in [5, 5.41) is 17.3. The molecule has 0 spiro atoms. The van der Waals surface area contributed by atoms with Crippen LogP contribution >= 0.6 is 0 Å². The molecule has 18 heavy (non-hydrogen) atoms. The van der Waals surface area contributed by atoms with E-state index < -0.39 is 5.97 Å². The van der Waals surface area contributed by atoms with Crippen LogP contribution in [0.5, 0.6) is 0 Å². The Morgan fingerprint density at radius 1 is 1.61 bits per heavy atom. The number of allylic oxidation sites excluding steroid dienone is 2. The van der Waals surface area contributed by atoms with Crippen molar-refractivity contribution in [3.63, 3.8) is 0 Å². The topological polar surface area (TPSA) is 66.0 Å². The molecule has 1 heterocycles. The van der Waals surface area contributed by atoms with E-state index in [-0.39, 0.29) is 5.57 Å². The highest BCUT2D eigenvalue weighted by Crippen LogP contribution is 2.07. The number of carbonyl (C=O) groups is 1. The minimum Gasteiger partial charge on any atom is -0.477 e. The molecule has 0 radical (unpaired) electrons. The summed E-state index contributed by atoms with van der Waals surface area (Å²) in [6.45, 7) is 3.07. The lowest BCUT2D eigenvalue weighted by Gasteiger charge is -2.04. The lowest BCUT2D eigenvalue weighted by atomic mass is 10.2. The molecule has 0 saturated carbocycles. The first-order valence-corrected chi connectivity index (χ1v) is 5.86. The van der Waals surface area contributed by atoms with Crippen LogP contribution in [0.25, 0.3) is 6.08 Å². The van der Waals surface area contributed by atoms with E-state index >= 15 is 0 Å². The minimum atomic E-state index is -1.21. The van der Waals surface area contributed by atoms with Crippen LogP contribution in [0.2, 0.25) is 0 Å². The van der Waals surface area contributed by atoms with Crippen molar-refractivity contribution in [2.75, 3.05) is 0 Å². The van der Waals surface area contributed by atoms with Gasteiger partial charge in [0, 0.05) is 18.4 Å². The lowest BCUT2D eigenvalue weighted by molar-refractivity contribution is -0.132. The average Bonchev–Trinajstić information content (AvgIpc) is 2.79. The monoisotopic (exact) mass is 244 g/mol. The first-order chi connectivity index (χ1) is 8.69. The number of rotatable bonds is 6. The maximum Gasteiger partial charge on any atom is 0.346 e. The predicted molar refractivity (Wildman–Crippen MR) is 69.7 cm³/mol. The molecular weight excluding hydrogens is 228 g/mol. The van der Waals surface area contributed by atoms with Crippen LogP contribution in [0.15, 0.2) is 36.1 Å². The summed E-state index contributed by atoms with van der Waals surface area (Å²) in [7, 11) is 0. The molecule has 4 nitrogen and oxygen atoms in total. The van der Waals surface area contributed by atoms with Crippen molar-refractivity contribution in [2.24, 2.45) is 0 Å². The van der Waals surface area contributed by atoms with E-state index in [1.54, 1.807) is 18.2 Å². The molecule has 0 aliphatic rings. The van der Waals surface area contributed by atoms with E-state index in [0.717, 1.165) is 25.1 Å². The van der Waals surface area contributed by atoms with Crippen LogP contribution in [-0.2, 0) is 11.3 Å². The lowest BCUT2D eigenvalue weighted by Crippen LogP contribution is -1.98. The molecular formula is C14H16N2O2. The van der Waals surface area contributed by atoms with Crippen molar-refractivity contribution in [3.8, 4) is 6.07 Å². The second kappa shape index (κ2) is 7.13. The number of hydrogen-bond donors (Lipinski definition) is 1. The van der Waals surface area contributed by atoms with Crippen molar-refractivity contribution in [1.29, 1.82) is 5.26 Å². The van der Waals surface area contributed by atoms with Crippen molar-refractivity contribution >= 4 is 12.0 Å². The van der Waals surface area contributed by atoms with Crippen LogP contribution in [0, 0.1) is 11.3 Å². The maximum absolute atomic E-state index is 10.6. The van der Waals surface area contributed by atoms with Crippen LogP contribution in [0.1, 0.15) is 25.5 Å². The molecule has 1 aromatic heterocycles. The fourth-order valence-corrected chi connectivity index (χ4v) is 1.51. The fourth-order valence-electron chi connectivity index (χ4n) is 1.51. The number of nitrogens with zero attached hydrogens (tertiary/aromatic N) is 2. The summed E-state index contributed by atoms with van der Waals surface area (Å²) >= 11 is 0. The Bertz CT molecular complexity index is 504. The number of aliphatic carboxylic acids is 1. The first kappa shape index (κ1) is 13.8. The summed E-state index contributed by atoms with van der Waals surface area (Å²) < 4.78 is 2.10. The molecule has 1 rings (SSSR count). The molecule has 0 saturated heterocycles. The predicted octanol–water partition coefficient (Wildman–Crippen LogP) is 2.84. The van der Waals surface area contributed by atoms with Crippen molar-refractivity contribution in [2.45, 2.75) is 26.3 Å². The Morgan fingerprint density at radius 2 is 2.39 bits per heavy atom. The molecule has 0 amide bonds. The highest BCUT2D eigenvalue weighted by molar-refractivity contribution is 5.91. The van der Waals surface area contributed by atoms with Gasteiger partial charge in [0.15, 0.2) is 0 Å². The molecule has 0 aromatic carbocycles. The number of carboxylic acid groups (broad SMARTS) is 1. The Hall–Kier alpha value is -2.28. The molecule has 4 heteroatoms. The zero-order valence-corrected chi connectivity index (χ0v) is 10.3. The molecule has 0 unspecified atom stereocenters. The normalized spacial score (nSPS) is 11.7. The minimum absolute atomic E-state index is 0.266. The standard InChI is InChI=1S/C14H16N2O2/c1-2-3-9-16-10-5-8-13(16)7-4-6-12(11-15)14(17)18/h4-8,10H,2-3,9H2,1H3,(H,17,18)/b7-4+,12-6+. The second-order valence-corrected chi connectivity index (χ2v) is 3.84. The third-order valence-electron chi connectivity index (χ3n) is 2.50. The van der Waals surface area contributed by atoms with E-state index in [0.29, 0.717) is 0 Å². The molecule has 1 aromatic rings. The highest BCUT2D eigenvalue weighted by atomic mass is 16.4. The third kappa shape index (κ3) is 3.95. The van der Waals surface area contributed by atoms with Gasteiger partial charge in [-0.15, -0.1) is 0 Å². The number of carboxylic acids is 1. The van der Waals surface area contributed by atoms with Gasteiger partial charge in [-0.2, -0.15) is 5.26 Å². The fraction of sp³-hybridized carbons (Fsp3) is 0.286. The first-order valence-electron chi connectivity index (χ1n) is 5.86. The SMILES string of the molecule is CCCCn1cccc1/C=C/C=C(\C#N)C(=O)O. The molecule has 0 fully saturated rings. The number of hydrogen-bond acceptors (Lipinski definition) is 2. The van der Waals surface area contributed by atoms with E-state index in [4.69, 9.17) is 10.4 Å². The molecule has 0 bridgehead atoms. The summed E-state index contributed by atoms with van der Waals surface area (Å²) in [4.78, 5) is 10.6. The van der Waals surface area contributed by atoms with E-state index in [1.807, 2.05) is 18.3 Å². The zero-order valence-electron chi connectivity index (χ0n) is 10.3. The van der Waals surface area contributed by atoms with Gasteiger partial charge in [0.1, 0.15) is 11.6 Å². The van der Waals surface area contributed by atoms with Crippen molar-refractivity contribution < 1.29 is 9.90 Å². The van der Waals surface area contributed by atoms with Gasteiger partial charge in [-0.25, -0.2) is 4.79 Å². The van der Waals surface area contributed by atoms with Crippen LogP contribution < -0.4 is 0 Å². The summed E-state index contributed by atoms with van der Waals surface area (Å²) in [5.74, 6) is -1.21. The molecule has 0 aliphatic heterocycles. The molecule has 0 aliphatic carbocycles. The third-order valence-corrected chi connectivity index (χ3v) is 2.50. The number of nitriles is 1. The van der Waals surface area contributed by atoms with Crippen molar-refractivity contribution in [1.82, 2.24) is 4.57 Å². The van der Waals surface area contributed by atoms with E-state index in [9.17, 15) is 4.79 Å². The summed E-state index contributed by atoms with van der Waals surface area (Å²) in [6, 6.07) is 5.53. The average molecular weight is 244 g/mol. The van der Waals surface area contributed by atoms with Crippen LogP contribution in [-0.4, -0.2) is 15.6 Å². The molecule has 0 atom stereocenters. The summed E-state index contributed by atoms with van der Waals surface area (Å²) in [5.41, 5.74) is 0.736. The molecule has 1 N–H and O–H groups in total. The number of unbranched alkanes of at least 4 members (excludes halogenated alkanes) is 1. The van der Waals surface area contributed by atoms with Crippen LogP contribution in [0.3, 0.4) is 0 Å². The van der Waals surface area contributed by atoms with Gasteiger partial charge in [-0.3, -0.25) is 0 Å². The quantitative estimate of drug-likeness (QED) is 0.475. The summed E-state index contributed by atoms with van der Waals surface area (Å²) in [6.07, 6.45) is 8.91. The van der Waals surface area contributed by atoms with Crippen molar-refractivity contribution in [3.05, 3.63) is 41.7 Å². The smallest absolute Gasteiger partial charge is 0.346 e. The Morgan fingerprint density at radius 3 is 3.00 bits per heavy atom. The van der Waals surface area contributed by atoms with Gasteiger partial charge < -0.3 is 9.67 Å². The highest BCUT2D eigenvalue weighted by Gasteiger charge is 2.02. The Balaban J connectivity index is 2.76. The van der Waals surface area contributed by atoms with Gasteiger partial charge in [0.25, 0.3) is 0 Å². The van der Waals surface area contributed by atoms with Gasteiger partial charge in [0.2, 0.25) is 0 Å². The van der Waals surface area contributed by atoms with Crippen LogP contribution in [0.4, 0.5) is 0 Å². The van der Waals surface area contributed by atoms with Gasteiger partial charge in [-0.05, 0) is 30.7 Å². The largest absolute Gasteiger partial charge is 0.477 e. The zero-order chi connectivity index (χ0) is 13.4. The number of aryl methyl sites for hydroxylation is 1. The maximum atomic E-state index is 10.6.